The summed E-state index contributed by atoms with van der Waals surface area (Å²) in [6.45, 7) is 4.33. The number of carbonyl (C=O) groups excluding carboxylic acids is 2. The molecule has 1 heterocycles. The first-order valence-corrected chi connectivity index (χ1v) is 6.73. The normalized spacial score (nSPS) is 10.7. The van der Waals surface area contributed by atoms with Crippen molar-refractivity contribution in [2.24, 2.45) is 5.73 Å². The lowest BCUT2D eigenvalue weighted by atomic mass is 10.2. The number of anilines is 1. The zero-order valence-corrected chi connectivity index (χ0v) is 11.8. The molecule has 0 saturated heterocycles. The van der Waals surface area contributed by atoms with E-state index in [1.54, 1.807) is 6.07 Å². The Morgan fingerprint density at radius 2 is 2.05 bits per heavy atom. The molecule has 106 valence electrons. The van der Waals surface area contributed by atoms with Crippen molar-refractivity contribution in [3.63, 3.8) is 0 Å². The fourth-order valence-corrected chi connectivity index (χ4v) is 2.31. The number of nitrogens with two attached hydrogens (primary N) is 1. The lowest BCUT2D eigenvalue weighted by Crippen LogP contribution is -2.16. The first-order chi connectivity index (χ1) is 9.52. The van der Waals surface area contributed by atoms with Gasteiger partial charge in [-0.15, -0.1) is 0 Å². The van der Waals surface area contributed by atoms with Gasteiger partial charge in [0, 0.05) is 30.1 Å². The SMILES string of the molecule is CCCCn1c(C(N)=O)cc2cc(NC(C)=O)ccc21. The molecule has 5 heteroatoms. The number of hydrogen-bond donors (Lipinski definition) is 2. The smallest absolute Gasteiger partial charge is 0.265 e. The molecule has 0 atom stereocenters. The predicted molar refractivity (Wildman–Crippen MR) is 79.7 cm³/mol. The van der Waals surface area contributed by atoms with Crippen LogP contribution in [-0.4, -0.2) is 16.4 Å². The van der Waals surface area contributed by atoms with Crippen LogP contribution in [0.2, 0.25) is 0 Å². The Bertz CT molecular complexity index is 658. The number of primary amides is 1. The van der Waals surface area contributed by atoms with Crippen molar-refractivity contribution >= 4 is 28.4 Å². The molecule has 1 aromatic heterocycles. The first kappa shape index (κ1) is 14.1. The number of rotatable bonds is 5. The van der Waals surface area contributed by atoms with Crippen molar-refractivity contribution in [3.8, 4) is 0 Å². The van der Waals surface area contributed by atoms with Crippen molar-refractivity contribution in [2.45, 2.75) is 33.2 Å². The van der Waals surface area contributed by atoms with Crippen LogP contribution in [0.15, 0.2) is 24.3 Å². The van der Waals surface area contributed by atoms with E-state index in [0.717, 1.165) is 30.3 Å². The molecule has 2 amide bonds. The van der Waals surface area contributed by atoms with Crippen LogP contribution >= 0.6 is 0 Å². The lowest BCUT2D eigenvalue weighted by Gasteiger charge is -2.08. The largest absolute Gasteiger partial charge is 0.364 e. The number of aromatic nitrogens is 1. The van der Waals surface area contributed by atoms with Gasteiger partial charge in [0.05, 0.1) is 0 Å². The van der Waals surface area contributed by atoms with Crippen molar-refractivity contribution in [1.82, 2.24) is 4.57 Å². The maximum atomic E-state index is 11.5. The number of hydrogen-bond acceptors (Lipinski definition) is 2. The molecule has 0 spiro atoms. The minimum absolute atomic E-state index is 0.120. The number of nitrogens with one attached hydrogen (secondary N) is 1. The summed E-state index contributed by atoms with van der Waals surface area (Å²) in [5.74, 6) is -0.553. The van der Waals surface area contributed by atoms with Crippen LogP contribution in [0.5, 0.6) is 0 Å². The number of nitrogens with zero attached hydrogens (tertiary/aromatic N) is 1. The van der Waals surface area contributed by atoms with E-state index in [9.17, 15) is 9.59 Å². The van der Waals surface area contributed by atoms with Gasteiger partial charge in [-0.3, -0.25) is 9.59 Å². The van der Waals surface area contributed by atoms with Crippen LogP contribution in [-0.2, 0) is 11.3 Å². The van der Waals surface area contributed by atoms with Crippen molar-refractivity contribution in [3.05, 3.63) is 30.0 Å². The van der Waals surface area contributed by atoms with Crippen LogP contribution < -0.4 is 11.1 Å². The van der Waals surface area contributed by atoms with E-state index in [4.69, 9.17) is 5.73 Å². The Kier molecular flexibility index (Phi) is 4.08. The van der Waals surface area contributed by atoms with E-state index in [-0.39, 0.29) is 5.91 Å². The van der Waals surface area contributed by atoms with Crippen LogP contribution in [0.3, 0.4) is 0 Å². The van der Waals surface area contributed by atoms with Crippen LogP contribution in [0.25, 0.3) is 10.9 Å². The summed E-state index contributed by atoms with van der Waals surface area (Å²) in [6, 6.07) is 7.37. The molecular formula is C15H19N3O2. The number of aryl methyl sites for hydroxylation is 1. The second kappa shape index (κ2) is 5.77. The van der Waals surface area contributed by atoms with Gasteiger partial charge in [-0.2, -0.15) is 0 Å². The molecule has 0 saturated carbocycles. The standard InChI is InChI=1S/C15H19N3O2/c1-3-4-7-18-13-6-5-12(17-10(2)19)8-11(13)9-14(18)15(16)20/h5-6,8-9H,3-4,7H2,1-2H3,(H2,16,20)(H,17,19). The molecule has 0 aliphatic carbocycles. The predicted octanol–water partition coefficient (Wildman–Crippen LogP) is 2.50. The molecule has 0 fully saturated rings. The quantitative estimate of drug-likeness (QED) is 0.878. The van der Waals surface area contributed by atoms with Gasteiger partial charge in [-0.05, 0) is 30.7 Å². The highest BCUT2D eigenvalue weighted by atomic mass is 16.1. The molecule has 2 rings (SSSR count). The molecule has 2 aromatic rings. The van der Waals surface area contributed by atoms with Crippen LogP contribution in [0.4, 0.5) is 5.69 Å². The zero-order chi connectivity index (χ0) is 14.7. The molecular weight excluding hydrogens is 254 g/mol. The van der Waals surface area contributed by atoms with Gasteiger partial charge in [0.1, 0.15) is 5.69 Å². The molecule has 0 radical (unpaired) electrons. The Balaban J connectivity index is 2.49. The highest BCUT2D eigenvalue weighted by molar-refractivity contribution is 5.99. The number of carbonyl (C=O) groups is 2. The van der Waals surface area contributed by atoms with Gasteiger partial charge in [-0.25, -0.2) is 0 Å². The second-order valence-corrected chi connectivity index (χ2v) is 4.85. The highest BCUT2D eigenvalue weighted by Gasteiger charge is 2.13. The third kappa shape index (κ3) is 2.82. The summed E-state index contributed by atoms with van der Waals surface area (Å²) in [4.78, 5) is 22.6. The van der Waals surface area contributed by atoms with E-state index >= 15 is 0 Å². The van der Waals surface area contributed by atoms with E-state index in [0.29, 0.717) is 11.4 Å². The molecule has 1 aromatic carbocycles. The third-order valence-corrected chi connectivity index (χ3v) is 3.21. The summed E-state index contributed by atoms with van der Waals surface area (Å²) in [5.41, 5.74) is 7.62. The van der Waals surface area contributed by atoms with Crippen molar-refractivity contribution in [2.75, 3.05) is 5.32 Å². The fraction of sp³-hybridized carbons (Fsp3) is 0.333. The maximum Gasteiger partial charge on any atom is 0.265 e. The lowest BCUT2D eigenvalue weighted by molar-refractivity contribution is -0.114. The Morgan fingerprint density at radius 1 is 1.30 bits per heavy atom. The van der Waals surface area contributed by atoms with Crippen molar-refractivity contribution < 1.29 is 9.59 Å². The van der Waals surface area contributed by atoms with Gasteiger partial charge in [0.2, 0.25) is 5.91 Å². The molecule has 20 heavy (non-hydrogen) atoms. The van der Waals surface area contributed by atoms with E-state index in [2.05, 4.69) is 12.2 Å². The zero-order valence-electron chi connectivity index (χ0n) is 11.8. The topological polar surface area (TPSA) is 77.1 Å². The average molecular weight is 273 g/mol. The summed E-state index contributed by atoms with van der Waals surface area (Å²) in [7, 11) is 0. The molecule has 0 aliphatic rings. The number of unbranched alkanes of at least 4 members (excludes halogenated alkanes) is 1. The summed E-state index contributed by atoms with van der Waals surface area (Å²) in [6.07, 6.45) is 2.03. The molecule has 0 unspecified atom stereocenters. The fourth-order valence-electron chi connectivity index (χ4n) is 2.31. The van der Waals surface area contributed by atoms with Crippen LogP contribution in [0.1, 0.15) is 37.2 Å². The van der Waals surface area contributed by atoms with Gasteiger partial charge < -0.3 is 15.6 Å². The summed E-state index contributed by atoms with van der Waals surface area (Å²) in [5, 5.41) is 3.64. The minimum atomic E-state index is -0.432. The second-order valence-electron chi connectivity index (χ2n) is 4.85. The average Bonchev–Trinajstić information content (AvgIpc) is 2.73. The minimum Gasteiger partial charge on any atom is -0.364 e. The van der Waals surface area contributed by atoms with Gasteiger partial charge >= 0.3 is 0 Å². The van der Waals surface area contributed by atoms with E-state index in [1.807, 2.05) is 22.8 Å². The number of fused-ring (bicyclic) bond motifs is 1. The van der Waals surface area contributed by atoms with E-state index in [1.165, 1.54) is 6.92 Å². The summed E-state index contributed by atoms with van der Waals surface area (Å²) >= 11 is 0. The molecule has 3 N–H and O–H groups in total. The highest BCUT2D eigenvalue weighted by Crippen LogP contribution is 2.24. The number of benzene rings is 1. The number of amides is 2. The van der Waals surface area contributed by atoms with Gasteiger partial charge in [0.15, 0.2) is 0 Å². The molecule has 0 bridgehead atoms. The van der Waals surface area contributed by atoms with Gasteiger partial charge in [-0.1, -0.05) is 13.3 Å². The third-order valence-electron chi connectivity index (χ3n) is 3.21. The van der Waals surface area contributed by atoms with Crippen molar-refractivity contribution in [1.29, 1.82) is 0 Å². The Labute approximate surface area is 117 Å². The summed E-state index contributed by atoms with van der Waals surface area (Å²) < 4.78 is 1.94. The maximum absolute atomic E-state index is 11.5. The first-order valence-electron chi connectivity index (χ1n) is 6.73. The monoisotopic (exact) mass is 273 g/mol. The molecule has 5 nitrogen and oxygen atoms in total. The molecule has 0 aliphatic heterocycles. The van der Waals surface area contributed by atoms with Gasteiger partial charge in [0.25, 0.3) is 5.91 Å². The van der Waals surface area contributed by atoms with Crippen LogP contribution in [0, 0.1) is 0 Å². The Hall–Kier alpha value is -2.30. The Morgan fingerprint density at radius 3 is 2.65 bits per heavy atom. The van der Waals surface area contributed by atoms with E-state index < -0.39 is 5.91 Å².